The van der Waals surface area contributed by atoms with Gasteiger partial charge in [-0.2, -0.15) is 0 Å². The number of methoxy groups -OCH3 is 1. The molecule has 0 saturated heterocycles. The van der Waals surface area contributed by atoms with Crippen LogP contribution in [0.3, 0.4) is 0 Å². The Labute approximate surface area is 79.5 Å². The van der Waals surface area contributed by atoms with Crippen molar-refractivity contribution in [1.29, 1.82) is 0 Å². The molecule has 71 valence electrons. The third kappa shape index (κ3) is 2.38. The average molecular weight is 179 g/mol. The molecule has 0 aromatic heterocycles. The van der Waals surface area contributed by atoms with Crippen molar-refractivity contribution in [2.75, 3.05) is 13.7 Å². The zero-order valence-electron chi connectivity index (χ0n) is 8.17. The molecule has 1 aromatic rings. The number of hydrogen-bond donors (Lipinski definition) is 0. The quantitative estimate of drug-likeness (QED) is 0.707. The number of ether oxygens (including phenoxy) is 2. The summed E-state index contributed by atoms with van der Waals surface area (Å²) in [6.07, 6.45) is 0.768. The van der Waals surface area contributed by atoms with E-state index in [1.54, 1.807) is 7.11 Å². The van der Waals surface area contributed by atoms with Crippen LogP contribution in [0.2, 0.25) is 0 Å². The summed E-state index contributed by atoms with van der Waals surface area (Å²) < 4.78 is 10.6. The topological polar surface area (TPSA) is 18.5 Å². The minimum atomic E-state index is 0.650. The lowest BCUT2D eigenvalue weighted by atomic mass is 10.1. The van der Waals surface area contributed by atoms with E-state index in [1.165, 1.54) is 0 Å². The molecule has 0 unspecified atom stereocenters. The van der Waals surface area contributed by atoms with Crippen molar-refractivity contribution < 1.29 is 9.47 Å². The van der Waals surface area contributed by atoms with Gasteiger partial charge in [0.25, 0.3) is 0 Å². The zero-order valence-corrected chi connectivity index (χ0v) is 8.17. The van der Waals surface area contributed by atoms with Crippen LogP contribution < -0.4 is 9.47 Å². The smallest absolute Gasteiger partial charge is 0.161 e. The fraction of sp³-hybridized carbons (Fsp3) is 0.364. The predicted octanol–water partition coefficient (Wildman–Crippen LogP) is 2.47. The highest BCUT2D eigenvalue weighted by molar-refractivity contribution is 5.43. The van der Waals surface area contributed by atoms with Crippen LogP contribution in [0.5, 0.6) is 11.5 Å². The third-order valence-corrected chi connectivity index (χ3v) is 1.82. The van der Waals surface area contributed by atoms with Gasteiger partial charge in [0.1, 0.15) is 0 Å². The fourth-order valence-corrected chi connectivity index (χ4v) is 1.14. The second kappa shape index (κ2) is 4.75. The molecule has 0 aliphatic rings. The lowest BCUT2D eigenvalue weighted by Gasteiger charge is -2.09. The molecule has 1 rings (SSSR count). The lowest BCUT2D eigenvalue weighted by molar-refractivity contribution is 0.310. The molecular formula is C11H15O2. The van der Waals surface area contributed by atoms with E-state index in [-0.39, 0.29) is 0 Å². The normalized spacial score (nSPS) is 9.77. The lowest BCUT2D eigenvalue weighted by Crippen LogP contribution is -1.96. The molecule has 0 aliphatic heterocycles. The second-order valence-corrected chi connectivity index (χ2v) is 2.67. The summed E-state index contributed by atoms with van der Waals surface area (Å²) in [6.45, 7) is 6.42. The average Bonchev–Trinajstić information content (AvgIpc) is 2.18. The largest absolute Gasteiger partial charge is 0.493 e. The van der Waals surface area contributed by atoms with E-state index >= 15 is 0 Å². The molecule has 0 aliphatic carbocycles. The first-order chi connectivity index (χ1) is 6.31. The standard InChI is InChI=1S/C11H15O2/c1-4-9-6-7-10(12-3)11(8-9)13-5-2/h6-8H,1,4-5H2,2-3H3. The van der Waals surface area contributed by atoms with E-state index < -0.39 is 0 Å². The molecular weight excluding hydrogens is 164 g/mol. The molecule has 0 N–H and O–H groups in total. The Hall–Kier alpha value is -1.18. The second-order valence-electron chi connectivity index (χ2n) is 2.67. The molecule has 0 spiro atoms. The van der Waals surface area contributed by atoms with Crippen LogP contribution in [0, 0.1) is 6.92 Å². The van der Waals surface area contributed by atoms with Crippen LogP contribution in [0.25, 0.3) is 0 Å². The van der Waals surface area contributed by atoms with Crippen LogP contribution in [0.1, 0.15) is 12.5 Å². The highest BCUT2D eigenvalue weighted by atomic mass is 16.5. The molecule has 2 nitrogen and oxygen atoms in total. The molecule has 0 fully saturated rings. The Morgan fingerprint density at radius 2 is 2.08 bits per heavy atom. The number of benzene rings is 1. The van der Waals surface area contributed by atoms with Crippen LogP contribution in [0.4, 0.5) is 0 Å². The summed E-state index contributed by atoms with van der Waals surface area (Å²) in [5.74, 6) is 1.57. The molecule has 0 heterocycles. The van der Waals surface area contributed by atoms with Crippen molar-refractivity contribution in [3.05, 3.63) is 30.7 Å². The van der Waals surface area contributed by atoms with E-state index in [0.29, 0.717) is 6.61 Å². The van der Waals surface area contributed by atoms with Crippen molar-refractivity contribution in [2.45, 2.75) is 13.3 Å². The number of rotatable bonds is 4. The van der Waals surface area contributed by atoms with Gasteiger partial charge in [-0.3, -0.25) is 0 Å². The first-order valence-corrected chi connectivity index (χ1v) is 4.40. The Kier molecular flexibility index (Phi) is 3.62. The summed E-state index contributed by atoms with van der Waals surface area (Å²) in [7, 11) is 1.64. The minimum absolute atomic E-state index is 0.650. The molecule has 0 amide bonds. The van der Waals surface area contributed by atoms with Crippen LogP contribution in [0.15, 0.2) is 18.2 Å². The summed E-state index contributed by atoms with van der Waals surface area (Å²) >= 11 is 0. The highest BCUT2D eigenvalue weighted by Crippen LogP contribution is 2.27. The summed E-state index contributed by atoms with van der Waals surface area (Å²) in [5, 5.41) is 0. The molecule has 0 atom stereocenters. The molecule has 2 heteroatoms. The number of hydrogen-bond acceptors (Lipinski definition) is 2. The minimum Gasteiger partial charge on any atom is -0.493 e. The van der Waals surface area contributed by atoms with E-state index in [0.717, 1.165) is 23.5 Å². The van der Waals surface area contributed by atoms with Crippen LogP contribution >= 0.6 is 0 Å². The maximum absolute atomic E-state index is 5.42. The van der Waals surface area contributed by atoms with Gasteiger partial charge in [-0.1, -0.05) is 6.07 Å². The Morgan fingerprint density at radius 1 is 1.31 bits per heavy atom. The van der Waals surface area contributed by atoms with E-state index in [4.69, 9.17) is 9.47 Å². The predicted molar refractivity (Wildman–Crippen MR) is 53.2 cm³/mol. The van der Waals surface area contributed by atoms with E-state index in [9.17, 15) is 0 Å². The van der Waals surface area contributed by atoms with Gasteiger partial charge in [0.15, 0.2) is 11.5 Å². The van der Waals surface area contributed by atoms with Crippen molar-refractivity contribution in [3.8, 4) is 11.5 Å². The van der Waals surface area contributed by atoms with Crippen LogP contribution in [-0.2, 0) is 6.42 Å². The van der Waals surface area contributed by atoms with Crippen molar-refractivity contribution in [3.63, 3.8) is 0 Å². The molecule has 1 radical (unpaired) electrons. The Balaban J connectivity index is 2.95. The third-order valence-electron chi connectivity index (χ3n) is 1.82. The molecule has 13 heavy (non-hydrogen) atoms. The Bertz CT molecular complexity index is 269. The SMILES string of the molecule is [CH2]Cc1ccc(OC)c(OCC)c1. The monoisotopic (exact) mass is 179 g/mol. The first-order valence-electron chi connectivity index (χ1n) is 4.40. The van der Waals surface area contributed by atoms with Crippen molar-refractivity contribution in [1.82, 2.24) is 0 Å². The van der Waals surface area contributed by atoms with Crippen molar-refractivity contribution in [2.24, 2.45) is 0 Å². The van der Waals surface area contributed by atoms with Gasteiger partial charge in [-0.25, -0.2) is 0 Å². The van der Waals surface area contributed by atoms with Gasteiger partial charge in [0.2, 0.25) is 0 Å². The molecule has 0 bridgehead atoms. The van der Waals surface area contributed by atoms with Gasteiger partial charge in [-0.05, 0) is 38.0 Å². The maximum atomic E-state index is 5.42. The highest BCUT2D eigenvalue weighted by Gasteiger charge is 2.03. The van der Waals surface area contributed by atoms with Gasteiger partial charge in [0, 0.05) is 0 Å². The van der Waals surface area contributed by atoms with Gasteiger partial charge in [0.05, 0.1) is 13.7 Å². The molecule has 1 aromatic carbocycles. The van der Waals surface area contributed by atoms with Gasteiger partial charge >= 0.3 is 0 Å². The van der Waals surface area contributed by atoms with E-state index in [2.05, 4.69) is 6.92 Å². The summed E-state index contributed by atoms with van der Waals surface area (Å²) in [4.78, 5) is 0. The first kappa shape index (κ1) is 9.90. The van der Waals surface area contributed by atoms with Crippen LogP contribution in [-0.4, -0.2) is 13.7 Å². The van der Waals surface area contributed by atoms with E-state index in [1.807, 2.05) is 25.1 Å². The zero-order chi connectivity index (χ0) is 9.68. The van der Waals surface area contributed by atoms with Gasteiger partial charge in [-0.15, -0.1) is 0 Å². The summed E-state index contributed by atoms with van der Waals surface area (Å²) in [6, 6.07) is 5.87. The van der Waals surface area contributed by atoms with Crippen molar-refractivity contribution >= 4 is 0 Å². The maximum Gasteiger partial charge on any atom is 0.161 e. The Morgan fingerprint density at radius 3 is 2.62 bits per heavy atom. The fourth-order valence-electron chi connectivity index (χ4n) is 1.14. The van der Waals surface area contributed by atoms with Gasteiger partial charge < -0.3 is 9.47 Å². The molecule has 0 saturated carbocycles. The summed E-state index contributed by atoms with van der Waals surface area (Å²) in [5.41, 5.74) is 1.16.